The molecule has 3 aromatic rings. The summed E-state index contributed by atoms with van der Waals surface area (Å²) in [5, 5.41) is 0.494. The first kappa shape index (κ1) is 17.1. The fraction of sp³-hybridized carbons (Fsp3) is 0.250. The van der Waals surface area contributed by atoms with Crippen LogP contribution >= 0.6 is 34.5 Å². The minimum absolute atomic E-state index is 0.0604. The van der Waals surface area contributed by atoms with Crippen LogP contribution in [-0.4, -0.2) is 22.4 Å². The van der Waals surface area contributed by atoms with Crippen molar-refractivity contribution in [1.82, 2.24) is 9.47 Å². The fourth-order valence-electron chi connectivity index (χ4n) is 2.41. The molecule has 0 radical (unpaired) electrons. The lowest BCUT2D eigenvalue weighted by Gasteiger charge is -2.16. The number of carbonyl (C=O) groups is 1. The molecule has 0 N–H and O–H groups in total. The molecule has 1 aromatic carbocycles. The average molecular weight is 385 g/mol. The minimum Gasteiger partial charge on any atom is -0.408 e. The Balaban J connectivity index is 1.68. The maximum Gasteiger partial charge on any atom is 0.419 e. The molecule has 0 saturated carbocycles. The Morgan fingerprint density at radius 2 is 2.08 bits per heavy atom. The monoisotopic (exact) mass is 384 g/mol. The molecule has 0 atom stereocenters. The van der Waals surface area contributed by atoms with E-state index in [1.54, 1.807) is 30.1 Å². The van der Waals surface area contributed by atoms with E-state index in [9.17, 15) is 9.59 Å². The van der Waals surface area contributed by atoms with Crippen LogP contribution in [0, 0.1) is 0 Å². The molecular weight excluding hydrogens is 371 g/mol. The van der Waals surface area contributed by atoms with Gasteiger partial charge in [0.2, 0.25) is 5.91 Å². The van der Waals surface area contributed by atoms with Crippen molar-refractivity contribution >= 4 is 51.5 Å². The van der Waals surface area contributed by atoms with Crippen molar-refractivity contribution in [1.29, 1.82) is 0 Å². The lowest BCUT2D eigenvalue weighted by Crippen LogP contribution is -2.28. The van der Waals surface area contributed by atoms with Gasteiger partial charge < -0.3 is 9.32 Å². The largest absolute Gasteiger partial charge is 0.419 e. The number of carbonyl (C=O) groups excluding carboxylic acids is 1. The number of fused-ring (bicyclic) bond motifs is 1. The van der Waals surface area contributed by atoms with Crippen molar-refractivity contribution in [3.63, 3.8) is 0 Å². The number of hydrogen-bond acceptors (Lipinski definition) is 4. The van der Waals surface area contributed by atoms with Gasteiger partial charge >= 0.3 is 5.76 Å². The maximum absolute atomic E-state index is 12.3. The van der Waals surface area contributed by atoms with E-state index in [1.165, 1.54) is 15.9 Å². The fourth-order valence-corrected chi connectivity index (χ4v) is 3.71. The van der Waals surface area contributed by atoms with Crippen molar-refractivity contribution in [2.24, 2.45) is 0 Å². The van der Waals surface area contributed by atoms with Crippen LogP contribution < -0.4 is 5.76 Å². The molecule has 0 spiro atoms. The zero-order valence-electron chi connectivity index (χ0n) is 12.8. The Kier molecular flexibility index (Phi) is 4.99. The second-order valence-corrected chi connectivity index (χ2v) is 7.57. The number of hydrogen-bond donors (Lipinski definition) is 0. The van der Waals surface area contributed by atoms with Gasteiger partial charge in [-0.15, -0.1) is 11.3 Å². The van der Waals surface area contributed by atoms with Crippen LogP contribution in [0.2, 0.25) is 9.36 Å². The molecule has 0 aliphatic carbocycles. The quantitative estimate of drug-likeness (QED) is 0.667. The summed E-state index contributed by atoms with van der Waals surface area (Å²) < 4.78 is 7.30. The first-order valence-electron chi connectivity index (χ1n) is 7.21. The molecule has 0 aliphatic heterocycles. The second-order valence-electron chi connectivity index (χ2n) is 5.34. The first-order valence-corrected chi connectivity index (χ1v) is 8.78. The summed E-state index contributed by atoms with van der Waals surface area (Å²) in [4.78, 5) is 26.9. The van der Waals surface area contributed by atoms with Crippen LogP contribution in [0.4, 0.5) is 0 Å². The molecule has 2 heterocycles. The van der Waals surface area contributed by atoms with E-state index >= 15 is 0 Å². The van der Waals surface area contributed by atoms with Crippen LogP contribution in [-0.2, 0) is 17.9 Å². The van der Waals surface area contributed by atoms with Crippen molar-refractivity contribution in [3.05, 3.63) is 55.1 Å². The van der Waals surface area contributed by atoms with E-state index in [-0.39, 0.29) is 18.9 Å². The van der Waals surface area contributed by atoms with Crippen LogP contribution in [0.3, 0.4) is 0 Å². The molecule has 2 aromatic heterocycles. The van der Waals surface area contributed by atoms with Crippen LogP contribution in [0.25, 0.3) is 11.1 Å². The van der Waals surface area contributed by atoms with Gasteiger partial charge in [0.25, 0.3) is 0 Å². The highest BCUT2D eigenvalue weighted by atomic mass is 35.5. The number of oxazole rings is 1. The number of halogens is 2. The van der Waals surface area contributed by atoms with E-state index in [4.69, 9.17) is 27.6 Å². The molecule has 0 unspecified atom stereocenters. The molecule has 3 rings (SSSR count). The summed E-state index contributed by atoms with van der Waals surface area (Å²) in [6.07, 6.45) is 0.201. The van der Waals surface area contributed by atoms with Gasteiger partial charge in [-0.3, -0.25) is 9.36 Å². The highest BCUT2D eigenvalue weighted by molar-refractivity contribution is 7.16. The van der Waals surface area contributed by atoms with Gasteiger partial charge in [0, 0.05) is 36.0 Å². The molecule has 0 fully saturated rings. The number of rotatable bonds is 5. The number of nitrogens with zero attached hydrogens (tertiary/aromatic N) is 2. The van der Waals surface area contributed by atoms with Gasteiger partial charge in [-0.05, 0) is 24.3 Å². The number of aromatic nitrogens is 1. The number of thiophene rings is 1. The predicted octanol–water partition coefficient (Wildman–Crippen LogP) is 4.01. The van der Waals surface area contributed by atoms with E-state index in [1.807, 2.05) is 12.1 Å². The average Bonchev–Trinajstić information content (AvgIpc) is 3.06. The summed E-state index contributed by atoms with van der Waals surface area (Å²) in [6, 6.07) is 8.69. The van der Waals surface area contributed by atoms with E-state index < -0.39 is 5.76 Å². The zero-order valence-corrected chi connectivity index (χ0v) is 15.1. The third kappa shape index (κ3) is 3.66. The summed E-state index contributed by atoms with van der Waals surface area (Å²) in [5.74, 6) is -0.553. The number of benzene rings is 1. The first-order chi connectivity index (χ1) is 11.4. The minimum atomic E-state index is -0.493. The summed E-state index contributed by atoms with van der Waals surface area (Å²) in [6.45, 7) is 0.745. The third-order valence-corrected chi connectivity index (χ3v) is 5.08. The molecule has 0 saturated heterocycles. The van der Waals surface area contributed by atoms with Crippen LogP contribution in [0.1, 0.15) is 11.3 Å². The highest BCUT2D eigenvalue weighted by Gasteiger charge is 2.14. The smallest absolute Gasteiger partial charge is 0.408 e. The molecule has 126 valence electrons. The molecule has 8 heteroatoms. The number of amides is 1. The Labute approximate surface area is 152 Å². The predicted molar refractivity (Wildman–Crippen MR) is 95.9 cm³/mol. The molecular formula is C16H14Cl2N2O3S. The normalized spacial score (nSPS) is 11.1. The topological polar surface area (TPSA) is 55.5 Å². The highest BCUT2D eigenvalue weighted by Crippen LogP contribution is 2.23. The van der Waals surface area contributed by atoms with Crippen molar-refractivity contribution in [2.45, 2.75) is 19.5 Å². The van der Waals surface area contributed by atoms with E-state index in [0.717, 1.165) is 4.88 Å². The Hall–Kier alpha value is -1.76. The SMILES string of the molecule is CN(Cc1ccc(Cl)s1)C(=O)CCn1c(=O)oc2cc(Cl)ccc21. The van der Waals surface area contributed by atoms with Crippen molar-refractivity contribution in [2.75, 3.05) is 7.05 Å². The van der Waals surface area contributed by atoms with Gasteiger partial charge in [-0.2, -0.15) is 0 Å². The lowest BCUT2D eigenvalue weighted by molar-refractivity contribution is -0.130. The molecule has 5 nitrogen and oxygen atoms in total. The van der Waals surface area contributed by atoms with Crippen LogP contribution in [0.5, 0.6) is 0 Å². The summed E-state index contributed by atoms with van der Waals surface area (Å²) in [7, 11) is 1.73. The zero-order chi connectivity index (χ0) is 17.3. The molecule has 0 aliphatic rings. The summed E-state index contributed by atoms with van der Waals surface area (Å²) >= 11 is 13.2. The molecule has 0 bridgehead atoms. The second kappa shape index (κ2) is 7.01. The molecule has 24 heavy (non-hydrogen) atoms. The van der Waals surface area contributed by atoms with E-state index in [2.05, 4.69) is 0 Å². The Bertz CT molecular complexity index is 944. The lowest BCUT2D eigenvalue weighted by atomic mass is 10.3. The Morgan fingerprint density at radius 3 is 2.79 bits per heavy atom. The summed E-state index contributed by atoms with van der Waals surface area (Å²) in [5.41, 5.74) is 1.05. The standard InChI is InChI=1S/C16H14Cl2N2O3S/c1-19(9-11-3-5-14(18)24-11)15(21)6-7-20-12-4-2-10(17)8-13(12)23-16(20)22/h2-5,8H,6-7,9H2,1H3. The van der Waals surface area contributed by atoms with Gasteiger partial charge in [0.15, 0.2) is 5.58 Å². The van der Waals surface area contributed by atoms with E-state index in [0.29, 0.717) is 27.0 Å². The third-order valence-electron chi connectivity index (χ3n) is 3.63. The Morgan fingerprint density at radius 1 is 1.29 bits per heavy atom. The maximum atomic E-state index is 12.3. The van der Waals surface area contributed by atoms with Gasteiger partial charge in [-0.25, -0.2) is 4.79 Å². The number of aryl methyl sites for hydroxylation is 1. The van der Waals surface area contributed by atoms with Crippen LogP contribution in [0.15, 0.2) is 39.5 Å². The van der Waals surface area contributed by atoms with Crippen molar-refractivity contribution in [3.8, 4) is 0 Å². The van der Waals surface area contributed by atoms with Gasteiger partial charge in [-0.1, -0.05) is 23.2 Å². The molecule has 1 amide bonds. The van der Waals surface area contributed by atoms with Gasteiger partial charge in [0.1, 0.15) is 0 Å². The van der Waals surface area contributed by atoms with Gasteiger partial charge in [0.05, 0.1) is 16.4 Å². The van der Waals surface area contributed by atoms with Crippen molar-refractivity contribution < 1.29 is 9.21 Å².